The van der Waals surface area contributed by atoms with Gasteiger partial charge in [-0.15, -0.1) is 0 Å². The van der Waals surface area contributed by atoms with Crippen LogP contribution < -0.4 is 9.64 Å². The number of imidazole rings is 1. The Kier molecular flexibility index (Phi) is 5.56. The zero-order chi connectivity index (χ0) is 20.4. The van der Waals surface area contributed by atoms with E-state index in [1.165, 1.54) is 0 Å². The predicted molar refractivity (Wildman–Crippen MR) is 117 cm³/mol. The Morgan fingerprint density at radius 1 is 1.14 bits per heavy atom. The summed E-state index contributed by atoms with van der Waals surface area (Å²) in [7, 11) is 0. The minimum absolute atomic E-state index is 0.102. The normalized spacial score (nSPS) is 17.8. The minimum atomic E-state index is 0.102. The summed E-state index contributed by atoms with van der Waals surface area (Å²) in [6, 6.07) is 16.1. The number of ether oxygens (including phenoxy) is 1. The third kappa shape index (κ3) is 3.86. The molecular weight excluding hydrogens is 362 g/mol. The molecule has 0 radical (unpaired) electrons. The van der Waals surface area contributed by atoms with E-state index < -0.39 is 0 Å². The molecule has 0 unspecified atom stereocenters. The van der Waals surface area contributed by atoms with Crippen molar-refractivity contribution in [3.63, 3.8) is 0 Å². The molecular formula is C24H29N3O2. The molecule has 5 heteroatoms. The molecule has 3 aromatic rings. The molecule has 1 saturated heterocycles. The maximum Gasteiger partial charge on any atom is 0.227 e. The van der Waals surface area contributed by atoms with Crippen LogP contribution in [0, 0.1) is 5.92 Å². The van der Waals surface area contributed by atoms with Crippen molar-refractivity contribution >= 4 is 22.6 Å². The molecule has 0 aliphatic carbocycles. The van der Waals surface area contributed by atoms with Crippen molar-refractivity contribution < 1.29 is 9.53 Å². The van der Waals surface area contributed by atoms with Gasteiger partial charge in [-0.1, -0.05) is 32.4 Å². The van der Waals surface area contributed by atoms with Gasteiger partial charge in [0, 0.05) is 31.1 Å². The molecule has 0 bridgehead atoms. The number of hydrogen-bond donors (Lipinski definition) is 0. The van der Waals surface area contributed by atoms with Crippen LogP contribution in [0.25, 0.3) is 11.0 Å². The molecule has 5 nitrogen and oxygen atoms in total. The van der Waals surface area contributed by atoms with Gasteiger partial charge in [-0.3, -0.25) is 4.79 Å². The highest BCUT2D eigenvalue weighted by atomic mass is 16.5. The monoisotopic (exact) mass is 391 g/mol. The van der Waals surface area contributed by atoms with Crippen molar-refractivity contribution in [2.24, 2.45) is 5.92 Å². The van der Waals surface area contributed by atoms with Crippen molar-refractivity contribution in [2.75, 3.05) is 18.1 Å². The maximum atomic E-state index is 12.8. The molecule has 1 aliphatic rings. The average Bonchev–Trinajstić information content (AvgIpc) is 3.29. The number of anilines is 1. The van der Waals surface area contributed by atoms with E-state index in [0.717, 1.165) is 41.3 Å². The lowest BCUT2D eigenvalue weighted by atomic mass is 10.1. The number of carbonyl (C=O) groups excluding carboxylic acids is 1. The van der Waals surface area contributed by atoms with Crippen molar-refractivity contribution in [3.8, 4) is 5.75 Å². The van der Waals surface area contributed by atoms with Crippen LogP contribution in [0.3, 0.4) is 0 Å². The molecule has 1 aliphatic heterocycles. The smallest absolute Gasteiger partial charge is 0.227 e. The van der Waals surface area contributed by atoms with Gasteiger partial charge in [0.25, 0.3) is 0 Å². The number of para-hydroxylation sites is 2. The lowest BCUT2D eigenvalue weighted by Crippen LogP contribution is -2.24. The third-order valence-electron chi connectivity index (χ3n) is 5.82. The standard InChI is InChI=1S/C24H29N3O2/c1-4-17(3)15-27-22-9-7-6-8-21(22)25-24(27)18-14-23(28)26(16-18)19-10-12-20(13-11-19)29-5-2/h6-13,17-18H,4-5,14-16H2,1-3H3/t17-,18-/m0/s1. The van der Waals surface area contributed by atoms with E-state index in [1.807, 2.05) is 42.2 Å². The average molecular weight is 392 g/mol. The Hall–Kier alpha value is -2.82. The van der Waals surface area contributed by atoms with E-state index in [9.17, 15) is 4.79 Å². The quantitative estimate of drug-likeness (QED) is 0.569. The molecule has 0 N–H and O–H groups in total. The van der Waals surface area contributed by atoms with Gasteiger partial charge >= 0.3 is 0 Å². The largest absolute Gasteiger partial charge is 0.494 e. The second-order valence-corrected chi connectivity index (χ2v) is 7.92. The summed E-state index contributed by atoms with van der Waals surface area (Å²) >= 11 is 0. The fourth-order valence-corrected chi connectivity index (χ4v) is 4.06. The van der Waals surface area contributed by atoms with Crippen molar-refractivity contribution in [2.45, 2.75) is 46.1 Å². The molecule has 0 spiro atoms. The molecule has 2 aromatic carbocycles. The molecule has 1 aromatic heterocycles. The van der Waals surface area contributed by atoms with Crippen molar-refractivity contribution in [3.05, 3.63) is 54.4 Å². The number of benzene rings is 2. The maximum absolute atomic E-state index is 12.8. The zero-order valence-electron chi connectivity index (χ0n) is 17.5. The summed E-state index contributed by atoms with van der Waals surface area (Å²) in [5.41, 5.74) is 3.10. The summed E-state index contributed by atoms with van der Waals surface area (Å²) in [6.45, 7) is 8.68. The first-order valence-corrected chi connectivity index (χ1v) is 10.6. The molecule has 29 heavy (non-hydrogen) atoms. The molecule has 2 heterocycles. The lowest BCUT2D eigenvalue weighted by Gasteiger charge is -2.19. The van der Waals surface area contributed by atoms with E-state index in [1.54, 1.807) is 0 Å². The van der Waals surface area contributed by atoms with Crippen LogP contribution in [0.2, 0.25) is 0 Å². The highest BCUT2D eigenvalue weighted by molar-refractivity contribution is 5.96. The van der Waals surface area contributed by atoms with E-state index in [-0.39, 0.29) is 11.8 Å². The van der Waals surface area contributed by atoms with Gasteiger partial charge in [0.1, 0.15) is 11.6 Å². The van der Waals surface area contributed by atoms with Crippen LogP contribution in [0.4, 0.5) is 5.69 Å². The fourth-order valence-electron chi connectivity index (χ4n) is 4.06. The Bertz CT molecular complexity index is 993. The second-order valence-electron chi connectivity index (χ2n) is 7.92. The molecule has 0 saturated carbocycles. The summed E-state index contributed by atoms with van der Waals surface area (Å²) in [4.78, 5) is 19.7. The Balaban J connectivity index is 1.63. The first-order chi connectivity index (χ1) is 14.1. The SMILES string of the molecule is CCOc1ccc(N2C[C@@H](c3nc4ccccc4n3C[C@@H](C)CC)CC2=O)cc1. The van der Waals surface area contributed by atoms with Crippen molar-refractivity contribution in [1.82, 2.24) is 9.55 Å². The van der Waals surface area contributed by atoms with E-state index in [0.29, 0.717) is 25.5 Å². The van der Waals surface area contributed by atoms with Crippen LogP contribution in [0.1, 0.15) is 45.4 Å². The van der Waals surface area contributed by atoms with Crippen LogP contribution in [-0.2, 0) is 11.3 Å². The highest BCUT2D eigenvalue weighted by Gasteiger charge is 2.35. The van der Waals surface area contributed by atoms with Gasteiger partial charge in [0.2, 0.25) is 5.91 Å². The summed E-state index contributed by atoms with van der Waals surface area (Å²) in [5, 5.41) is 0. The number of rotatable bonds is 7. The van der Waals surface area contributed by atoms with Gasteiger partial charge in [-0.2, -0.15) is 0 Å². The van der Waals surface area contributed by atoms with Crippen molar-refractivity contribution in [1.29, 1.82) is 0 Å². The fraction of sp³-hybridized carbons (Fsp3) is 0.417. The number of amides is 1. The summed E-state index contributed by atoms with van der Waals surface area (Å²) in [6.07, 6.45) is 1.62. The molecule has 1 fully saturated rings. The van der Waals surface area contributed by atoms with Gasteiger partial charge in [-0.05, 0) is 49.2 Å². The number of carbonyl (C=O) groups is 1. The molecule has 152 valence electrons. The molecule has 4 rings (SSSR count). The Morgan fingerprint density at radius 3 is 2.62 bits per heavy atom. The first kappa shape index (κ1) is 19.5. The molecule has 2 atom stereocenters. The summed E-state index contributed by atoms with van der Waals surface area (Å²) < 4.78 is 7.86. The zero-order valence-corrected chi connectivity index (χ0v) is 17.5. The topological polar surface area (TPSA) is 47.4 Å². The number of hydrogen-bond acceptors (Lipinski definition) is 3. The number of nitrogens with zero attached hydrogens (tertiary/aromatic N) is 3. The van der Waals surface area contributed by atoms with Gasteiger partial charge in [-0.25, -0.2) is 4.98 Å². The minimum Gasteiger partial charge on any atom is -0.494 e. The van der Waals surface area contributed by atoms with Gasteiger partial charge in [0.05, 0.1) is 17.6 Å². The first-order valence-electron chi connectivity index (χ1n) is 10.6. The van der Waals surface area contributed by atoms with Crippen LogP contribution in [0.5, 0.6) is 5.75 Å². The lowest BCUT2D eigenvalue weighted by molar-refractivity contribution is -0.117. The predicted octanol–water partition coefficient (Wildman–Crippen LogP) is 5.00. The second kappa shape index (κ2) is 8.27. The number of fused-ring (bicyclic) bond motifs is 1. The van der Waals surface area contributed by atoms with Crippen LogP contribution in [-0.4, -0.2) is 28.6 Å². The third-order valence-corrected chi connectivity index (χ3v) is 5.82. The summed E-state index contributed by atoms with van der Waals surface area (Å²) in [5.74, 6) is 2.68. The highest BCUT2D eigenvalue weighted by Crippen LogP contribution is 2.34. The molecule has 1 amide bonds. The Labute approximate surface area is 172 Å². The van der Waals surface area contributed by atoms with Gasteiger partial charge in [0.15, 0.2) is 0 Å². The van der Waals surface area contributed by atoms with Crippen LogP contribution in [0.15, 0.2) is 48.5 Å². The van der Waals surface area contributed by atoms with Crippen LogP contribution >= 0.6 is 0 Å². The Morgan fingerprint density at radius 2 is 1.90 bits per heavy atom. The van der Waals surface area contributed by atoms with E-state index >= 15 is 0 Å². The van der Waals surface area contributed by atoms with E-state index in [4.69, 9.17) is 9.72 Å². The van der Waals surface area contributed by atoms with E-state index in [2.05, 4.69) is 36.6 Å². The van der Waals surface area contributed by atoms with Gasteiger partial charge < -0.3 is 14.2 Å². The number of aromatic nitrogens is 2.